The number of hydrogen-bond donors (Lipinski definition) is 0. The standard InChI is InChI=1S/C16H24N4O2S/c1-12-4-3-5-13(2)20(12)15(22)14(21)18-7-9-19(10-8-18)16-17-6-11-23-16/h6,11-13H,3-5,7-10H2,1-2H3/t12-,13-/m1/s1. The van der Waals surface area contributed by atoms with E-state index in [9.17, 15) is 9.59 Å². The number of anilines is 1. The Morgan fingerprint density at radius 2 is 1.74 bits per heavy atom. The van der Waals surface area contributed by atoms with E-state index in [1.807, 2.05) is 19.2 Å². The summed E-state index contributed by atoms with van der Waals surface area (Å²) in [5.74, 6) is -0.670. The number of carbonyl (C=O) groups excluding carboxylic acids is 2. The zero-order valence-electron chi connectivity index (χ0n) is 13.8. The Kier molecular flexibility index (Phi) is 4.84. The summed E-state index contributed by atoms with van der Waals surface area (Å²) < 4.78 is 0. The third-order valence-corrected chi connectivity index (χ3v) is 5.70. The van der Waals surface area contributed by atoms with Crippen LogP contribution in [0.25, 0.3) is 0 Å². The maximum atomic E-state index is 12.6. The molecule has 7 heteroatoms. The third-order valence-electron chi connectivity index (χ3n) is 4.87. The molecule has 6 nitrogen and oxygen atoms in total. The molecule has 2 aliphatic rings. The topological polar surface area (TPSA) is 56.8 Å². The second-order valence-electron chi connectivity index (χ2n) is 6.44. The lowest BCUT2D eigenvalue weighted by Gasteiger charge is -2.40. The second-order valence-corrected chi connectivity index (χ2v) is 7.31. The monoisotopic (exact) mass is 336 g/mol. The summed E-state index contributed by atoms with van der Waals surface area (Å²) >= 11 is 1.60. The summed E-state index contributed by atoms with van der Waals surface area (Å²) in [6.07, 6.45) is 4.90. The lowest BCUT2D eigenvalue weighted by Crippen LogP contribution is -2.57. The molecule has 0 aromatic carbocycles. The highest BCUT2D eigenvalue weighted by Gasteiger charge is 2.36. The molecule has 3 rings (SSSR count). The highest BCUT2D eigenvalue weighted by atomic mass is 32.1. The van der Waals surface area contributed by atoms with Gasteiger partial charge in [0.1, 0.15) is 0 Å². The van der Waals surface area contributed by atoms with Crippen LogP contribution in [0.2, 0.25) is 0 Å². The molecule has 2 amide bonds. The van der Waals surface area contributed by atoms with E-state index in [1.54, 1.807) is 27.3 Å². The summed E-state index contributed by atoms with van der Waals surface area (Å²) in [6, 6.07) is 0.318. The highest BCUT2D eigenvalue weighted by Crippen LogP contribution is 2.24. The molecule has 2 atom stereocenters. The summed E-state index contributed by atoms with van der Waals surface area (Å²) in [5, 5.41) is 2.94. The molecule has 23 heavy (non-hydrogen) atoms. The van der Waals surface area contributed by atoms with E-state index in [-0.39, 0.29) is 23.9 Å². The molecule has 126 valence electrons. The van der Waals surface area contributed by atoms with Crippen molar-refractivity contribution >= 4 is 28.3 Å². The largest absolute Gasteiger partial charge is 0.345 e. The first-order chi connectivity index (χ1) is 11.1. The van der Waals surface area contributed by atoms with Crippen LogP contribution < -0.4 is 4.90 Å². The lowest BCUT2D eigenvalue weighted by atomic mass is 9.97. The van der Waals surface area contributed by atoms with Crippen LogP contribution in [0.3, 0.4) is 0 Å². The Morgan fingerprint density at radius 1 is 1.09 bits per heavy atom. The van der Waals surface area contributed by atoms with Crippen LogP contribution in [-0.4, -0.2) is 64.9 Å². The molecule has 0 unspecified atom stereocenters. The molecule has 2 aliphatic heterocycles. The third kappa shape index (κ3) is 3.34. The average Bonchev–Trinajstić information content (AvgIpc) is 3.08. The van der Waals surface area contributed by atoms with Gasteiger partial charge in [-0.1, -0.05) is 0 Å². The number of hydrogen-bond acceptors (Lipinski definition) is 5. The number of rotatable bonds is 1. The van der Waals surface area contributed by atoms with E-state index in [4.69, 9.17) is 0 Å². The van der Waals surface area contributed by atoms with Gasteiger partial charge in [0.25, 0.3) is 0 Å². The first kappa shape index (κ1) is 16.2. The van der Waals surface area contributed by atoms with Crippen LogP contribution >= 0.6 is 11.3 Å². The number of likely N-dealkylation sites (tertiary alicyclic amines) is 1. The maximum Gasteiger partial charge on any atom is 0.312 e. The van der Waals surface area contributed by atoms with Gasteiger partial charge >= 0.3 is 11.8 Å². The van der Waals surface area contributed by atoms with Gasteiger partial charge < -0.3 is 14.7 Å². The maximum absolute atomic E-state index is 12.6. The molecule has 1 aromatic heterocycles. The molecule has 2 saturated heterocycles. The van der Waals surface area contributed by atoms with Crippen molar-refractivity contribution in [3.05, 3.63) is 11.6 Å². The minimum Gasteiger partial charge on any atom is -0.345 e. The van der Waals surface area contributed by atoms with Crippen molar-refractivity contribution in [1.29, 1.82) is 0 Å². The van der Waals surface area contributed by atoms with Crippen LogP contribution in [0.4, 0.5) is 5.13 Å². The molecule has 0 N–H and O–H groups in total. The van der Waals surface area contributed by atoms with E-state index in [1.165, 1.54) is 0 Å². The molecule has 2 fully saturated rings. The number of piperazine rings is 1. The zero-order chi connectivity index (χ0) is 16.4. The molecular weight excluding hydrogens is 312 g/mol. The van der Waals surface area contributed by atoms with Crippen molar-refractivity contribution < 1.29 is 9.59 Å². The van der Waals surface area contributed by atoms with Gasteiger partial charge in [0.2, 0.25) is 0 Å². The molecule has 3 heterocycles. The minimum atomic E-state index is -0.343. The number of nitrogens with zero attached hydrogens (tertiary/aromatic N) is 4. The molecule has 0 aliphatic carbocycles. The van der Waals surface area contributed by atoms with E-state index in [0.29, 0.717) is 13.1 Å². The quantitative estimate of drug-likeness (QED) is 0.731. The predicted molar refractivity (Wildman–Crippen MR) is 90.5 cm³/mol. The van der Waals surface area contributed by atoms with Crippen molar-refractivity contribution in [1.82, 2.24) is 14.8 Å². The van der Waals surface area contributed by atoms with Gasteiger partial charge in [-0.15, -0.1) is 11.3 Å². The SMILES string of the molecule is C[C@@H]1CCC[C@@H](C)N1C(=O)C(=O)N1CCN(c2nccs2)CC1. The van der Waals surface area contributed by atoms with Gasteiger partial charge in [0, 0.05) is 49.8 Å². The number of carbonyl (C=O) groups is 2. The Morgan fingerprint density at radius 3 is 2.30 bits per heavy atom. The molecule has 0 bridgehead atoms. The van der Waals surface area contributed by atoms with E-state index < -0.39 is 0 Å². The Hall–Kier alpha value is -1.63. The van der Waals surface area contributed by atoms with Crippen molar-refractivity contribution in [2.24, 2.45) is 0 Å². The predicted octanol–water partition coefficient (Wildman–Crippen LogP) is 1.58. The summed E-state index contributed by atoms with van der Waals surface area (Å²) in [5.41, 5.74) is 0. The number of amides is 2. The molecule has 0 saturated carbocycles. The number of piperidine rings is 1. The summed E-state index contributed by atoms with van der Waals surface area (Å²) in [4.78, 5) is 35.2. The number of thiazole rings is 1. The van der Waals surface area contributed by atoms with Crippen LogP contribution in [0.1, 0.15) is 33.1 Å². The lowest BCUT2D eigenvalue weighted by molar-refractivity contribution is -0.155. The van der Waals surface area contributed by atoms with E-state index >= 15 is 0 Å². The second kappa shape index (κ2) is 6.86. The normalized spacial score (nSPS) is 25.6. The fourth-order valence-electron chi connectivity index (χ4n) is 3.54. The molecule has 0 radical (unpaired) electrons. The van der Waals surface area contributed by atoms with Gasteiger partial charge in [-0.2, -0.15) is 0 Å². The Labute approximate surface area is 141 Å². The highest BCUT2D eigenvalue weighted by molar-refractivity contribution is 7.13. The Balaban J connectivity index is 1.59. The first-order valence-corrected chi connectivity index (χ1v) is 9.22. The van der Waals surface area contributed by atoms with Crippen LogP contribution in [0, 0.1) is 0 Å². The fourth-order valence-corrected chi connectivity index (χ4v) is 4.24. The zero-order valence-corrected chi connectivity index (χ0v) is 14.6. The number of aromatic nitrogens is 1. The minimum absolute atomic E-state index is 0.159. The average molecular weight is 336 g/mol. The van der Waals surface area contributed by atoms with Gasteiger partial charge in [0.05, 0.1) is 0 Å². The van der Waals surface area contributed by atoms with Crippen LogP contribution in [0.5, 0.6) is 0 Å². The van der Waals surface area contributed by atoms with Gasteiger partial charge in [-0.25, -0.2) is 4.98 Å². The van der Waals surface area contributed by atoms with Gasteiger partial charge in [0.15, 0.2) is 5.13 Å². The van der Waals surface area contributed by atoms with Gasteiger partial charge in [-0.05, 0) is 33.1 Å². The van der Waals surface area contributed by atoms with Crippen molar-refractivity contribution in [2.75, 3.05) is 31.1 Å². The van der Waals surface area contributed by atoms with Crippen molar-refractivity contribution in [3.8, 4) is 0 Å². The van der Waals surface area contributed by atoms with Gasteiger partial charge in [-0.3, -0.25) is 9.59 Å². The molecular formula is C16H24N4O2S. The fraction of sp³-hybridized carbons (Fsp3) is 0.688. The van der Waals surface area contributed by atoms with Crippen LogP contribution in [0.15, 0.2) is 11.6 Å². The van der Waals surface area contributed by atoms with Crippen molar-refractivity contribution in [2.45, 2.75) is 45.2 Å². The smallest absolute Gasteiger partial charge is 0.312 e. The first-order valence-electron chi connectivity index (χ1n) is 8.34. The van der Waals surface area contributed by atoms with Crippen molar-refractivity contribution in [3.63, 3.8) is 0 Å². The summed E-state index contributed by atoms with van der Waals surface area (Å²) in [6.45, 7) is 6.72. The van der Waals surface area contributed by atoms with Crippen LogP contribution in [-0.2, 0) is 9.59 Å². The Bertz CT molecular complexity index is 544. The van der Waals surface area contributed by atoms with E-state index in [0.717, 1.165) is 37.5 Å². The molecule has 0 spiro atoms. The molecule has 1 aromatic rings. The van der Waals surface area contributed by atoms with E-state index in [2.05, 4.69) is 9.88 Å². The summed E-state index contributed by atoms with van der Waals surface area (Å²) in [7, 11) is 0.